The van der Waals surface area contributed by atoms with Gasteiger partial charge >= 0.3 is 0 Å². The Kier molecular flexibility index (Phi) is 5.67. The van der Waals surface area contributed by atoms with Crippen molar-refractivity contribution in [2.45, 2.75) is 0 Å². The number of nitro groups is 1. The normalized spacial score (nSPS) is 9.92. The predicted octanol–water partition coefficient (Wildman–Crippen LogP) is 3.38. The molecule has 0 aromatic heterocycles. The zero-order valence-electron chi connectivity index (χ0n) is 12.4. The number of nitrogens with one attached hydrogen (secondary N) is 2. The first-order chi connectivity index (χ1) is 11.4. The molecular weight excluding hydrogens is 354 g/mol. The Balaban J connectivity index is 2.14. The molecule has 0 radical (unpaired) electrons. The van der Waals surface area contributed by atoms with Crippen LogP contribution >= 0.6 is 23.8 Å². The van der Waals surface area contributed by atoms with E-state index in [2.05, 4.69) is 10.6 Å². The molecule has 0 aliphatic carbocycles. The second-order valence-corrected chi connectivity index (χ2v) is 5.34. The monoisotopic (exact) mass is 365 g/mol. The zero-order chi connectivity index (χ0) is 17.7. The Labute approximate surface area is 147 Å². The van der Waals surface area contributed by atoms with Gasteiger partial charge < -0.3 is 10.1 Å². The van der Waals surface area contributed by atoms with Gasteiger partial charge in [0, 0.05) is 0 Å². The van der Waals surface area contributed by atoms with E-state index in [1.54, 1.807) is 18.2 Å². The summed E-state index contributed by atoms with van der Waals surface area (Å²) >= 11 is 11.0. The van der Waals surface area contributed by atoms with E-state index in [1.807, 2.05) is 0 Å². The van der Waals surface area contributed by atoms with Crippen LogP contribution in [-0.2, 0) is 0 Å². The topological polar surface area (TPSA) is 93.5 Å². The van der Waals surface area contributed by atoms with Gasteiger partial charge in [-0.05, 0) is 36.5 Å². The highest BCUT2D eigenvalue weighted by molar-refractivity contribution is 7.80. The maximum atomic E-state index is 12.1. The van der Waals surface area contributed by atoms with E-state index in [0.717, 1.165) is 0 Å². The van der Waals surface area contributed by atoms with Crippen LogP contribution in [0.1, 0.15) is 10.4 Å². The second kappa shape index (κ2) is 7.71. The van der Waals surface area contributed by atoms with Crippen LogP contribution in [0.25, 0.3) is 0 Å². The SMILES string of the molecule is COc1ccc(NC(=S)NC(=O)c2ccccc2Cl)c([N+](=O)[O-])c1. The Morgan fingerprint density at radius 2 is 2.00 bits per heavy atom. The Bertz CT molecular complexity index is 813. The third-order valence-electron chi connectivity index (χ3n) is 3.00. The smallest absolute Gasteiger partial charge is 0.296 e. The fourth-order valence-corrected chi connectivity index (χ4v) is 2.29. The van der Waals surface area contributed by atoms with Gasteiger partial charge in [-0.2, -0.15) is 0 Å². The number of rotatable bonds is 4. The van der Waals surface area contributed by atoms with Crippen molar-refractivity contribution in [1.29, 1.82) is 0 Å². The molecule has 0 spiro atoms. The van der Waals surface area contributed by atoms with Crippen LogP contribution in [0.3, 0.4) is 0 Å². The number of carbonyl (C=O) groups is 1. The molecule has 7 nitrogen and oxygen atoms in total. The van der Waals surface area contributed by atoms with Crippen LogP contribution in [0.4, 0.5) is 11.4 Å². The summed E-state index contributed by atoms with van der Waals surface area (Å²) in [4.78, 5) is 22.7. The Morgan fingerprint density at radius 3 is 2.62 bits per heavy atom. The van der Waals surface area contributed by atoms with E-state index in [-0.39, 0.29) is 27.1 Å². The highest BCUT2D eigenvalue weighted by atomic mass is 35.5. The standard InChI is InChI=1S/C15H12ClN3O4S/c1-23-9-6-7-12(13(8-9)19(21)22)17-15(24)18-14(20)10-4-2-3-5-11(10)16/h2-8H,1H3,(H2,17,18,20,24). The molecule has 9 heteroatoms. The summed E-state index contributed by atoms with van der Waals surface area (Å²) in [6.45, 7) is 0. The number of benzene rings is 2. The maximum Gasteiger partial charge on any atom is 0.296 e. The molecule has 0 heterocycles. The average Bonchev–Trinajstić information content (AvgIpc) is 2.55. The zero-order valence-corrected chi connectivity index (χ0v) is 14.0. The number of nitrogens with zero attached hydrogens (tertiary/aromatic N) is 1. The highest BCUT2D eigenvalue weighted by Crippen LogP contribution is 2.28. The van der Waals surface area contributed by atoms with Crippen LogP contribution in [0.2, 0.25) is 5.02 Å². The van der Waals surface area contributed by atoms with Crippen molar-refractivity contribution >= 4 is 46.2 Å². The first kappa shape index (κ1) is 17.6. The van der Waals surface area contributed by atoms with Crippen LogP contribution < -0.4 is 15.4 Å². The largest absolute Gasteiger partial charge is 0.496 e. The van der Waals surface area contributed by atoms with Gasteiger partial charge in [0.15, 0.2) is 5.11 Å². The molecule has 124 valence electrons. The molecule has 24 heavy (non-hydrogen) atoms. The minimum Gasteiger partial charge on any atom is -0.496 e. The molecule has 0 saturated heterocycles. The molecule has 2 rings (SSSR count). The minimum absolute atomic E-state index is 0.0896. The summed E-state index contributed by atoms with van der Waals surface area (Å²) in [6.07, 6.45) is 0. The van der Waals surface area contributed by atoms with Crippen LogP contribution in [0, 0.1) is 10.1 Å². The van der Waals surface area contributed by atoms with Crippen molar-refractivity contribution in [3.8, 4) is 5.75 Å². The van der Waals surface area contributed by atoms with Gasteiger partial charge in [-0.15, -0.1) is 0 Å². The molecule has 0 unspecified atom stereocenters. The number of amides is 1. The molecule has 0 atom stereocenters. The van der Waals surface area contributed by atoms with Crippen molar-refractivity contribution in [2.75, 3.05) is 12.4 Å². The van der Waals surface area contributed by atoms with Crippen molar-refractivity contribution in [3.63, 3.8) is 0 Å². The van der Waals surface area contributed by atoms with Crippen molar-refractivity contribution in [2.24, 2.45) is 0 Å². The third-order valence-corrected chi connectivity index (χ3v) is 3.53. The molecule has 0 aliphatic heterocycles. The van der Waals surface area contributed by atoms with Crippen LogP contribution in [-0.4, -0.2) is 23.1 Å². The molecule has 0 fully saturated rings. The first-order valence-electron chi connectivity index (χ1n) is 6.61. The Morgan fingerprint density at radius 1 is 1.29 bits per heavy atom. The number of thiocarbonyl (C=S) groups is 1. The lowest BCUT2D eigenvalue weighted by molar-refractivity contribution is -0.384. The maximum absolute atomic E-state index is 12.1. The van der Waals surface area contributed by atoms with Crippen molar-refractivity contribution in [3.05, 3.63) is 63.2 Å². The van der Waals surface area contributed by atoms with E-state index in [1.165, 1.54) is 31.4 Å². The number of nitro benzene ring substituents is 1. The van der Waals surface area contributed by atoms with Crippen LogP contribution in [0.15, 0.2) is 42.5 Å². The third kappa shape index (κ3) is 4.18. The van der Waals surface area contributed by atoms with E-state index in [9.17, 15) is 14.9 Å². The molecule has 1 amide bonds. The summed E-state index contributed by atoms with van der Waals surface area (Å²) in [6, 6.07) is 10.7. The number of carbonyl (C=O) groups excluding carboxylic acids is 1. The van der Waals surface area contributed by atoms with Crippen molar-refractivity contribution < 1.29 is 14.5 Å². The van der Waals surface area contributed by atoms with E-state index >= 15 is 0 Å². The first-order valence-corrected chi connectivity index (χ1v) is 7.40. The number of halogens is 1. The van der Waals surface area contributed by atoms with Gasteiger partial charge in [-0.25, -0.2) is 0 Å². The molecule has 0 aliphatic rings. The van der Waals surface area contributed by atoms with Gasteiger partial charge in [-0.3, -0.25) is 20.2 Å². The number of methoxy groups -OCH3 is 1. The summed E-state index contributed by atoms with van der Waals surface area (Å²) in [5.74, 6) is -0.187. The summed E-state index contributed by atoms with van der Waals surface area (Å²) in [7, 11) is 1.40. The molecular formula is C15H12ClN3O4S. The summed E-state index contributed by atoms with van der Waals surface area (Å²) < 4.78 is 4.95. The lowest BCUT2D eigenvalue weighted by atomic mass is 10.2. The number of anilines is 1. The van der Waals surface area contributed by atoms with E-state index in [0.29, 0.717) is 5.75 Å². The molecule has 2 N–H and O–H groups in total. The minimum atomic E-state index is -0.580. The Hall–Kier alpha value is -2.71. The van der Waals surface area contributed by atoms with Gasteiger partial charge in [0.25, 0.3) is 11.6 Å². The fraction of sp³-hybridized carbons (Fsp3) is 0.0667. The molecule has 0 bridgehead atoms. The van der Waals surface area contributed by atoms with Gasteiger partial charge in [0.05, 0.1) is 28.7 Å². The van der Waals surface area contributed by atoms with E-state index < -0.39 is 10.8 Å². The van der Waals surface area contributed by atoms with Gasteiger partial charge in [0.2, 0.25) is 0 Å². The summed E-state index contributed by atoms with van der Waals surface area (Å²) in [5.41, 5.74) is 0.140. The lowest BCUT2D eigenvalue weighted by Gasteiger charge is -2.11. The molecule has 0 saturated carbocycles. The summed E-state index contributed by atoms with van der Waals surface area (Å²) in [5, 5.41) is 16.3. The highest BCUT2D eigenvalue weighted by Gasteiger charge is 2.17. The number of ether oxygens (including phenoxy) is 1. The molecule has 2 aromatic carbocycles. The van der Waals surface area contributed by atoms with Crippen molar-refractivity contribution in [1.82, 2.24) is 5.32 Å². The molecule has 2 aromatic rings. The second-order valence-electron chi connectivity index (χ2n) is 4.53. The van der Waals surface area contributed by atoms with Crippen LogP contribution in [0.5, 0.6) is 5.75 Å². The van der Waals surface area contributed by atoms with Gasteiger partial charge in [-0.1, -0.05) is 23.7 Å². The van der Waals surface area contributed by atoms with Gasteiger partial charge in [0.1, 0.15) is 11.4 Å². The quantitative estimate of drug-likeness (QED) is 0.490. The van der Waals surface area contributed by atoms with E-state index in [4.69, 9.17) is 28.6 Å². The number of hydrogen-bond acceptors (Lipinski definition) is 5. The lowest BCUT2D eigenvalue weighted by Crippen LogP contribution is -2.34. The predicted molar refractivity (Wildman–Crippen MR) is 94.8 cm³/mol. The fourth-order valence-electron chi connectivity index (χ4n) is 1.86. The average molecular weight is 366 g/mol. The number of hydrogen-bond donors (Lipinski definition) is 2.